The maximum Gasteiger partial charge on any atom is 0.142 e. The highest BCUT2D eigenvalue weighted by Gasteiger charge is 2.01. The van der Waals surface area contributed by atoms with Gasteiger partial charge in [-0.25, -0.2) is 9.37 Å². The summed E-state index contributed by atoms with van der Waals surface area (Å²) in [7, 11) is 3.99. The number of aromatic nitrogens is 2. The Morgan fingerprint density at radius 2 is 1.90 bits per heavy atom. The molecule has 0 amide bonds. The first kappa shape index (κ1) is 13.2. The molecule has 2 aromatic heterocycles. The maximum atomic E-state index is 13.1. The summed E-state index contributed by atoms with van der Waals surface area (Å²) in [5, 5.41) is 0.724. The maximum absolute atomic E-state index is 13.1. The third-order valence-corrected chi connectivity index (χ3v) is 3.16. The van der Waals surface area contributed by atoms with Gasteiger partial charge in [0.1, 0.15) is 11.5 Å². The summed E-state index contributed by atoms with van der Waals surface area (Å²) in [4.78, 5) is 9.08. The second-order valence-electron chi connectivity index (χ2n) is 4.97. The van der Waals surface area contributed by atoms with Crippen LogP contribution in [-0.4, -0.2) is 24.1 Å². The van der Waals surface area contributed by atoms with Crippen LogP contribution in [0.2, 0.25) is 0 Å². The normalized spacial score (nSPS) is 10.2. The third kappa shape index (κ3) is 2.87. The van der Waals surface area contributed by atoms with Crippen LogP contribution in [0.25, 0.3) is 11.0 Å². The van der Waals surface area contributed by atoms with E-state index in [1.54, 1.807) is 6.07 Å². The predicted octanol–water partition coefficient (Wildman–Crippen LogP) is 3.41. The van der Waals surface area contributed by atoms with Crippen molar-refractivity contribution in [1.29, 1.82) is 0 Å². The lowest BCUT2D eigenvalue weighted by molar-refractivity contribution is 0.624. The molecule has 0 spiro atoms. The molecule has 1 aromatic carbocycles. The second-order valence-corrected chi connectivity index (χ2v) is 4.97. The minimum absolute atomic E-state index is 0. The van der Waals surface area contributed by atoms with Crippen molar-refractivity contribution in [3.05, 3.63) is 59.7 Å². The largest absolute Gasteiger partial charge is 0.378 e. The number of rotatable bonds is 1. The van der Waals surface area contributed by atoms with Crippen LogP contribution < -0.4 is 4.90 Å². The Kier molecular flexibility index (Phi) is 3.33. The number of fused-ring (bicyclic) bond motifs is 1. The van der Waals surface area contributed by atoms with Crippen LogP contribution in [0.4, 0.5) is 10.1 Å². The van der Waals surface area contributed by atoms with Gasteiger partial charge >= 0.3 is 0 Å². The average molecular weight is 281 g/mol. The fraction of sp³-hybridized carbons (Fsp3) is 0.118. The number of H-pyrrole nitrogens is 1. The Balaban J connectivity index is 0.00000176. The highest BCUT2D eigenvalue weighted by Crippen LogP contribution is 2.14. The molecule has 4 heteroatoms. The van der Waals surface area contributed by atoms with Crippen LogP contribution in [0.3, 0.4) is 0 Å². The van der Waals surface area contributed by atoms with Gasteiger partial charge in [0.2, 0.25) is 0 Å². The van der Waals surface area contributed by atoms with E-state index in [-0.39, 0.29) is 7.24 Å². The molecular formula is C17H16FN3. The molecule has 0 atom stereocenters. The van der Waals surface area contributed by atoms with Crippen molar-refractivity contribution in [2.75, 3.05) is 19.0 Å². The highest BCUT2D eigenvalue weighted by atomic mass is 19.1. The molecule has 0 aliphatic carbocycles. The molecule has 0 aliphatic heterocycles. The summed E-state index contributed by atoms with van der Waals surface area (Å²) >= 11 is 0. The number of pyridine rings is 1. The molecule has 0 saturated heterocycles. The van der Waals surface area contributed by atoms with Gasteiger partial charge < -0.3 is 9.88 Å². The van der Waals surface area contributed by atoms with E-state index in [0.717, 1.165) is 22.3 Å². The summed E-state index contributed by atoms with van der Waals surface area (Å²) in [6.45, 7) is 0. The third-order valence-electron chi connectivity index (χ3n) is 3.16. The van der Waals surface area contributed by atoms with Crippen molar-refractivity contribution in [2.24, 2.45) is 0 Å². The number of hydrogen-bond acceptors (Lipinski definition) is 2. The monoisotopic (exact) mass is 281 g/mol. The van der Waals surface area contributed by atoms with Crippen LogP contribution in [0, 0.1) is 17.7 Å². The van der Waals surface area contributed by atoms with E-state index in [0.29, 0.717) is 5.65 Å². The van der Waals surface area contributed by atoms with E-state index >= 15 is 0 Å². The zero-order valence-electron chi connectivity index (χ0n) is 11.8. The van der Waals surface area contributed by atoms with Gasteiger partial charge in [0, 0.05) is 32.2 Å². The van der Waals surface area contributed by atoms with E-state index in [4.69, 9.17) is 0 Å². The smallest absolute Gasteiger partial charge is 0.142 e. The Morgan fingerprint density at radius 3 is 2.62 bits per heavy atom. The van der Waals surface area contributed by atoms with Crippen molar-refractivity contribution in [1.82, 2.24) is 9.97 Å². The first-order valence-electron chi connectivity index (χ1n) is 6.55. The lowest BCUT2D eigenvalue weighted by Crippen LogP contribution is -2.07. The molecule has 2 heterocycles. The first-order valence-corrected chi connectivity index (χ1v) is 6.55. The topological polar surface area (TPSA) is 31.9 Å². The van der Waals surface area contributed by atoms with Crippen LogP contribution in [-0.2, 0) is 0 Å². The predicted molar refractivity (Wildman–Crippen MR) is 84.9 cm³/mol. The molecule has 0 saturated carbocycles. The van der Waals surface area contributed by atoms with E-state index in [1.807, 2.05) is 43.3 Å². The van der Waals surface area contributed by atoms with Crippen molar-refractivity contribution < 1.29 is 5.82 Å². The number of benzene rings is 1. The summed E-state index contributed by atoms with van der Waals surface area (Å²) < 4.78 is 13.1. The molecule has 1 N–H and O–H groups in total. The van der Waals surface area contributed by atoms with Gasteiger partial charge in [0.05, 0.1) is 11.9 Å². The Morgan fingerprint density at radius 1 is 1.14 bits per heavy atom. The van der Waals surface area contributed by atoms with Crippen molar-refractivity contribution in [3.8, 4) is 11.8 Å². The quantitative estimate of drug-likeness (QED) is 0.693. The average Bonchev–Trinajstić information content (AvgIpc) is 2.87. The number of anilines is 1. The summed E-state index contributed by atoms with van der Waals surface area (Å²) in [5.41, 5.74) is 3.42. The number of aromatic amines is 1. The Hall–Kier alpha value is -2.80. The van der Waals surface area contributed by atoms with Crippen LogP contribution in [0.5, 0.6) is 0 Å². The van der Waals surface area contributed by atoms with E-state index in [2.05, 4.69) is 21.8 Å². The van der Waals surface area contributed by atoms with Gasteiger partial charge in [-0.1, -0.05) is 5.92 Å². The van der Waals surface area contributed by atoms with Gasteiger partial charge in [-0.15, -0.1) is 0 Å². The van der Waals surface area contributed by atoms with E-state index in [1.165, 1.54) is 12.3 Å². The number of nitrogens with one attached hydrogen (secondary N) is 1. The molecule has 0 bridgehead atoms. The standard InChI is InChI=1S/C17H14FN3.H2/c1-21(2)16-7-4-12(5-8-16)3-6-15-10-13-9-14(18)11-19-17(13)20-15;/h4-5,7-11H,1-2H3,(H,19,20);1H. The van der Waals surface area contributed by atoms with Gasteiger partial charge in [-0.05, 0) is 42.3 Å². The SMILES string of the molecule is CN(C)c1ccc(C#Cc2cc3cc(F)cnc3[nH]2)cc1.[HH]. The zero-order valence-corrected chi connectivity index (χ0v) is 11.8. The molecule has 0 unspecified atom stereocenters. The Bertz CT molecular complexity index is 842. The van der Waals surface area contributed by atoms with Crippen molar-refractivity contribution >= 4 is 16.7 Å². The number of nitrogens with zero attached hydrogens (tertiary/aromatic N) is 2. The summed E-state index contributed by atoms with van der Waals surface area (Å²) in [5.74, 6) is 5.77. The minimum Gasteiger partial charge on any atom is -0.378 e. The van der Waals surface area contributed by atoms with Crippen LogP contribution in [0.1, 0.15) is 12.7 Å². The van der Waals surface area contributed by atoms with Gasteiger partial charge in [0.25, 0.3) is 0 Å². The first-order chi connectivity index (χ1) is 10.1. The minimum atomic E-state index is -0.347. The molecular weight excluding hydrogens is 265 g/mol. The molecule has 3 rings (SSSR count). The number of halogens is 1. The van der Waals surface area contributed by atoms with Gasteiger partial charge in [0.15, 0.2) is 0 Å². The summed E-state index contributed by atoms with van der Waals surface area (Å²) in [6, 6.07) is 11.2. The zero-order chi connectivity index (χ0) is 14.8. The summed E-state index contributed by atoms with van der Waals surface area (Å²) in [6.07, 6.45) is 1.19. The molecule has 0 fully saturated rings. The fourth-order valence-corrected chi connectivity index (χ4v) is 2.04. The van der Waals surface area contributed by atoms with Crippen molar-refractivity contribution in [2.45, 2.75) is 0 Å². The molecule has 106 valence electrons. The van der Waals surface area contributed by atoms with E-state index in [9.17, 15) is 4.39 Å². The van der Waals surface area contributed by atoms with Gasteiger partial charge in [-0.2, -0.15) is 0 Å². The Labute approximate surface area is 123 Å². The number of hydrogen-bond donors (Lipinski definition) is 1. The van der Waals surface area contributed by atoms with Crippen LogP contribution >= 0.6 is 0 Å². The lowest BCUT2D eigenvalue weighted by Gasteiger charge is -2.11. The molecule has 21 heavy (non-hydrogen) atoms. The second kappa shape index (κ2) is 5.29. The molecule has 0 aliphatic rings. The fourth-order valence-electron chi connectivity index (χ4n) is 2.04. The molecule has 3 aromatic rings. The van der Waals surface area contributed by atoms with Crippen LogP contribution in [0.15, 0.2) is 42.6 Å². The van der Waals surface area contributed by atoms with E-state index < -0.39 is 0 Å². The highest BCUT2D eigenvalue weighted by molar-refractivity contribution is 5.77. The lowest BCUT2D eigenvalue weighted by atomic mass is 10.2. The molecule has 3 nitrogen and oxygen atoms in total. The van der Waals surface area contributed by atoms with Crippen molar-refractivity contribution in [3.63, 3.8) is 0 Å². The molecule has 0 radical (unpaired) electrons. The van der Waals surface area contributed by atoms with Gasteiger partial charge in [-0.3, -0.25) is 0 Å².